The van der Waals surface area contributed by atoms with Gasteiger partial charge in [0.05, 0.1) is 11.9 Å². The predicted octanol–water partition coefficient (Wildman–Crippen LogP) is 1.01. The van der Waals surface area contributed by atoms with Crippen molar-refractivity contribution in [1.29, 1.82) is 0 Å². The van der Waals surface area contributed by atoms with Crippen LogP contribution < -0.4 is 16.9 Å². The maximum atomic E-state index is 11.5. The van der Waals surface area contributed by atoms with Crippen LogP contribution in [0.1, 0.15) is 26.5 Å². The van der Waals surface area contributed by atoms with Gasteiger partial charge in [-0.2, -0.15) is 5.10 Å². The molecule has 98 valence electrons. The molecule has 1 rings (SSSR count). The van der Waals surface area contributed by atoms with Gasteiger partial charge in [-0.15, -0.1) is 0 Å². The molecule has 1 heterocycles. The molecule has 7 nitrogen and oxygen atoms in total. The summed E-state index contributed by atoms with van der Waals surface area (Å²) in [7, 11) is 0. The number of carbonyl (C=O) groups excluding carboxylic acids is 1. The predicted molar refractivity (Wildman–Crippen MR) is 69.0 cm³/mol. The summed E-state index contributed by atoms with van der Waals surface area (Å²) in [5.74, 6) is 5.15. The van der Waals surface area contributed by atoms with Crippen molar-refractivity contribution < 1.29 is 9.53 Å². The first-order valence-electron chi connectivity index (χ1n) is 5.31. The maximum Gasteiger partial charge on any atom is 0.412 e. The van der Waals surface area contributed by atoms with Crippen LogP contribution in [-0.2, 0) is 4.74 Å². The number of amides is 1. The van der Waals surface area contributed by atoms with Crippen LogP contribution in [0.5, 0.6) is 0 Å². The fourth-order valence-corrected chi connectivity index (χ4v) is 1.11. The summed E-state index contributed by atoms with van der Waals surface area (Å²) in [5, 5.41) is 5.86. The molecule has 0 aliphatic rings. The second kappa shape index (κ2) is 5.35. The number of carbonyl (C=O) groups is 1. The number of aromatic nitrogens is 1. The first-order valence-corrected chi connectivity index (χ1v) is 5.31. The number of hydrogen-bond acceptors (Lipinski definition) is 5. The van der Waals surface area contributed by atoms with E-state index in [0.29, 0.717) is 11.4 Å². The molecule has 5 N–H and O–H groups in total. The van der Waals surface area contributed by atoms with E-state index in [1.54, 1.807) is 32.9 Å². The molecule has 0 bridgehead atoms. The molecule has 0 unspecified atom stereocenters. The highest BCUT2D eigenvalue weighted by atomic mass is 16.6. The van der Waals surface area contributed by atoms with E-state index in [1.165, 1.54) is 6.20 Å². The third-order valence-electron chi connectivity index (χ3n) is 1.81. The van der Waals surface area contributed by atoms with Crippen LogP contribution in [0.4, 0.5) is 10.5 Å². The first-order chi connectivity index (χ1) is 8.31. The van der Waals surface area contributed by atoms with E-state index in [1.807, 2.05) is 0 Å². The summed E-state index contributed by atoms with van der Waals surface area (Å²) in [6, 6.07) is 3.22. The summed E-state index contributed by atoms with van der Waals surface area (Å²) in [6.07, 6.45) is 0.898. The number of anilines is 1. The molecule has 0 atom stereocenters. The van der Waals surface area contributed by atoms with E-state index in [-0.39, 0.29) is 5.84 Å². The number of rotatable bonds is 2. The van der Waals surface area contributed by atoms with E-state index in [4.69, 9.17) is 16.3 Å². The lowest BCUT2D eigenvalue weighted by Gasteiger charge is -2.19. The number of pyridine rings is 1. The van der Waals surface area contributed by atoms with Gasteiger partial charge in [0.2, 0.25) is 0 Å². The summed E-state index contributed by atoms with van der Waals surface area (Å²) in [6.45, 7) is 5.35. The number of ether oxygens (including phenoxy) is 1. The average Bonchev–Trinajstić information content (AvgIpc) is 2.26. The normalized spacial score (nSPS) is 12.1. The molecule has 7 heteroatoms. The minimum absolute atomic E-state index is 0.124. The lowest BCUT2D eigenvalue weighted by atomic mass is 10.2. The smallest absolute Gasteiger partial charge is 0.412 e. The molecular weight excluding hydrogens is 234 g/mol. The Bertz CT molecular complexity index is 447. The summed E-state index contributed by atoms with van der Waals surface area (Å²) >= 11 is 0. The Balaban J connectivity index is 2.67. The molecule has 0 saturated carbocycles. The van der Waals surface area contributed by atoms with E-state index >= 15 is 0 Å². The lowest BCUT2D eigenvalue weighted by molar-refractivity contribution is 0.0636. The number of hydrazone groups is 1. The van der Waals surface area contributed by atoms with Gasteiger partial charge in [0.1, 0.15) is 11.3 Å². The summed E-state index contributed by atoms with van der Waals surface area (Å²) < 4.78 is 5.09. The van der Waals surface area contributed by atoms with Crippen molar-refractivity contribution in [3.63, 3.8) is 0 Å². The minimum Gasteiger partial charge on any atom is -0.444 e. The Kier molecular flexibility index (Phi) is 4.09. The van der Waals surface area contributed by atoms with Crippen LogP contribution in [0.3, 0.4) is 0 Å². The highest BCUT2D eigenvalue weighted by Gasteiger charge is 2.16. The van der Waals surface area contributed by atoms with Crippen LogP contribution in [0.2, 0.25) is 0 Å². The first kappa shape index (κ1) is 13.8. The highest BCUT2D eigenvalue weighted by Crippen LogP contribution is 2.11. The topological polar surface area (TPSA) is 116 Å². The van der Waals surface area contributed by atoms with Gasteiger partial charge in [0.25, 0.3) is 0 Å². The monoisotopic (exact) mass is 251 g/mol. The molecule has 0 aliphatic carbocycles. The van der Waals surface area contributed by atoms with E-state index in [2.05, 4.69) is 15.4 Å². The van der Waals surface area contributed by atoms with Crippen molar-refractivity contribution in [1.82, 2.24) is 4.98 Å². The third-order valence-corrected chi connectivity index (χ3v) is 1.81. The quantitative estimate of drug-likeness (QED) is 0.314. The average molecular weight is 251 g/mol. The molecule has 1 amide bonds. The Labute approximate surface area is 105 Å². The van der Waals surface area contributed by atoms with E-state index < -0.39 is 11.7 Å². The van der Waals surface area contributed by atoms with Crippen LogP contribution in [-0.4, -0.2) is 22.5 Å². The van der Waals surface area contributed by atoms with Crippen molar-refractivity contribution in [2.24, 2.45) is 16.7 Å². The lowest BCUT2D eigenvalue weighted by Crippen LogP contribution is -2.27. The van der Waals surface area contributed by atoms with Gasteiger partial charge in [-0.3, -0.25) is 10.3 Å². The summed E-state index contributed by atoms with van der Waals surface area (Å²) in [4.78, 5) is 15.5. The highest BCUT2D eigenvalue weighted by molar-refractivity contribution is 5.95. The molecule has 0 aliphatic heterocycles. The van der Waals surface area contributed by atoms with Crippen LogP contribution >= 0.6 is 0 Å². The molecule has 1 aromatic heterocycles. The Morgan fingerprint density at radius 3 is 2.56 bits per heavy atom. The molecule has 0 radical (unpaired) electrons. The largest absolute Gasteiger partial charge is 0.444 e. The van der Waals surface area contributed by atoms with Crippen molar-refractivity contribution in [3.8, 4) is 0 Å². The van der Waals surface area contributed by atoms with Crippen molar-refractivity contribution in [3.05, 3.63) is 24.0 Å². The van der Waals surface area contributed by atoms with Crippen LogP contribution in [0.25, 0.3) is 0 Å². The van der Waals surface area contributed by atoms with Gasteiger partial charge in [-0.25, -0.2) is 4.79 Å². The van der Waals surface area contributed by atoms with Crippen LogP contribution in [0.15, 0.2) is 23.4 Å². The molecule has 1 aromatic rings. The molecule has 18 heavy (non-hydrogen) atoms. The second-order valence-corrected chi connectivity index (χ2v) is 4.57. The number of nitrogens with two attached hydrogens (primary N) is 2. The van der Waals surface area contributed by atoms with Gasteiger partial charge in [0, 0.05) is 0 Å². The fraction of sp³-hybridized carbons (Fsp3) is 0.364. The zero-order valence-electron chi connectivity index (χ0n) is 10.6. The van der Waals surface area contributed by atoms with Crippen molar-refractivity contribution >= 4 is 17.6 Å². The third kappa shape index (κ3) is 4.28. The molecular formula is C11H17N5O2. The fourth-order valence-electron chi connectivity index (χ4n) is 1.11. The summed E-state index contributed by atoms with van der Waals surface area (Å²) in [5.41, 5.74) is 5.87. The van der Waals surface area contributed by atoms with Gasteiger partial charge in [-0.1, -0.05) is 0 Å². The number of amidine groups is 1. The maximum absolute atomic E-state index is 11.5. The molecule has 0 saturated heterocycles. The zero-order valence-corrected chi connectivity index (χ0v) is 10.6. The Morgan fingerprint density at radius 1 is 1.44 bits per heavy atom. The Morgan fingerprint density at radius 2 is 2.11 bits per heavy atom. The van der Waals surface area contributed by atoms with Gasteiger partial charge in [-0.05, 0) is 32.9 Å². The molecule has 0 aromatic carbocycles. The number of nitrogens with zero attached hydrogens (tertiary/aromatic N) is 2. The van der Waals surface area contributed by atoms with Gasteiger partial charge in [0.15, 0.2) is 5.84 Å². The number of nitrogens with one attached hydrogen (secondary N) is 1. The van der Waals surface area contributed by atoms with Crippen LogP contribution in [0, 0.1) is 0 Å². The number of hydrogen-bond donors (Lipinski definition) is 3. The zero-order chi connectivity index (χ0) is 13.8. The second-order valence-electron chi connectivity index (χ2n) is 4.57. The van der Waals surface area contributed by atoms with E-state index in [0.717, 1.165) is 0 Å². The molecule has 0 fully saturated rings. The van der Waals surface area contributed by atoms with Gasteiger partial charge < -0.3 is 16.3 Å². The standard InChI is InChI=1S/C11H17N5O2/c1-11(2,3)18-10(17)15-7-4-5-8(14-6-7)9(12)16-13/h4-6H,13H2,1-3H3,(H2,12,16)(H,15,17). The molecule has 0 spiro atoms. The minimum atomic E-state index is -0.548. The van der Waals surface area contributed by atoms with Crippen molar-refractivity contribution in [2.75, 3.05) is 5.32 Å². The van der Waals surface area contributed by atoms with Gasteiger partial charge >= 0.3 is 6.09 Å². The van der Waals surface area contributed by atoms with E-state index in [9.17, 15) is 4.79 Å². The van der Waals surface area contributed by atoms with Crippen molar-refractivity contribution in [2.45, 2.75) is 26.4 Å². The SMILES string of the molecule is CC(C)(C)OC(=O)Nc1ccc(/C(N)=N/N)nc1. The Hall–Kier alpha value is -2.31.